The monoisotopic (exact) mass is 220 g/mol. The Balaban J connectivity index is 3.47. The Hall–Kier alpha value is 1.19. The third kappa shape index (κ3) is 37.3. The van der Waals surface area contributed by atoms with Gasteiger partial charge in [0.15, 0.2) is 0 Å². The lowest BCUT2D eigenvalue weighted by atomic mass is 12.0. The van der Waals surface area contributed by atoms with Crippen LogP contribution < -0.4 is 0 Å². The van der Waals surface area contributed by atoms with E-state index in [0.29, 0.717) is 0 Å². The second-order valence-corrected chi connectivity index (χ2v) is 13.1. The van der Waals surface area contributed by atoms with Crippen LogP contribution in [0.1, 0.15) is 0 Å². The van der Waals surface area contributed by atoms with Crippen LogP contribution in [0.25, 0.3) is 0 Å². The number of rotatable bonds is 0. The van der Waals surface area contributed by atoms with E-state index in [9.17, 15) is 4.57 Å². The summed E-state index contributed by atoms with van der Waals surface area (Å²) < 4.78 is 8.03. The number of hydrogen-bond donors (Lipinski definition) is 0. The Kier molecular flexibility index (Phi) is 2.18. The van der Waals surface area contributed by atoms with Crippen LogP contribution in [-0.2, 0) is 4.57 Å². The van der Waals surface area contributed by atoms with E-state index in [1.54, 1.807) is 6.66 Å². The van der Waals surface area contributed by atoms with Gasteiger partial charge in [-0.25, -0.2) is 0 Å². The lowest BCUT2D eigenvalue weighted by Crippen LogP contribution is -1.34. The molecule has 32 valence electrons. The normalized spacial score (nSPS) is 11.8. The molecule has 0 heterocycles. The van der Waals surface area contributed by atoms with Crippen molar-refractivity contribution in [2.45, 2.75) is 0 Å². The molecule has 0 rings (SSSR count). The summed E-state index contributed by atoms with van der Waals surface area (Å²) in [6, 6.07) is 0. The third-order valence-corrected chi connectivity index (χ3v) is 0. The Morgan fingerprint density at radius 1 is 1.60 bits per heavy atom. The predicted molar refractivity (Wildman–Crippen MR) is 31.4 cm³/mol. The SMILES string of the molecule is CP(=O)(Br)Br. The average Bonchev–Trinajstić information content (AvgIpc) is 0.722. The van der Waals surface area contributed by atoms with Crippen molar-refractivity contribution in [1.82, 2.24) is 0 Å². The van der Waals surface area contributed by atoms with Crippen molar-refractivity contribution in [3.8, 4) is 0 Å². The molecule has 0 aliphatic rings. The number of halogens is 2. The second kappa shape index (κ2) is 1.76. The maximum Gasteiger partial charge on any atom is 0.205 e. The van der Waals surface area contributed by atoms with Gasteiger partial charge in [-0.2, -0.15) is 0 Å². The van der Waals surface area contributed by atoms with E-state index < -0.39 is 4.55 Å². The molecule has 0 aromatic heterocycles. The zero-order valence-corrected chi connectivity index (χ0v) is 6.68. The first-order valence-corrected chi connectivity index (χ1v) is 7.16. The summed E-state index contributed by atoms with van der Waals surface area (Å²) in [5.74, 6) is 0. The van der Waals surface area contributed by atoms with Gasteiger partial charge in [-0.05, 0) is 31.0 Å². The molecule has 0 fully saturated rings. The Bertz CT molecular complexity index is 55.8. The smallest absolute Gasteiger partial charge is 0.205 e. The van der Waals surface area contributed by atoms with Gasteiger partial charge in [0, 0.05) is 6.66 Å². The molecule has 0 aromatic carbocycles. The highest BCUT2D eigenvalue weighted by Gasteiger charge is 1.96. The van der Waals surface area contributed by atoms with Crippen molar-refractivity contribution < 1.29 is 4.57 Å². The van der Waals surface area contributed by atoms with Crippen LogP contribution >= 0.6 is 35.5 Å². The molecule has 0 radical (unpaired) electrons. The summed E-state index contributed by atoms with van der Waals surface area (Å²) in [6.07, 6.45) is 0. The van der Waals surface area contributed by atoms with Crippen LogP contribution in [0.5, 0.6) is 0 Å². The van der Waals surface area contributed by atoms with E-state index in [1.807, 2.05) is 0 Å². The zero-order chi connectivity index (χ0) is 4.50. The molecule has 0 atom stereocenters. The van der Waals surface area contributed by atoms with Gasteiger partial charge in [-0.15, -0.1) is 0 Å². The fourth-order valence-corrected chi connectivity index (χ4v) is 0. The minimum atomic E-state index is -2.01. The van der Waals surface area contributed by atoms with E-state index in [0.717, 1.165) is 0 Å². The molecule has 0 aromatic rings. The Labute approximate surface area is 47.0 Å². The van der Waals surface area contributed by atoms with Gasteiger partial charge in [0.05, 0.1) is 0 Å². The molecule has 4 heteroatoms. The summed E-state index contributed by atoms with van der Waals surface area (Å²) >= 11 is 5.69. The second-order valence-electron chi connectivity index (χ2n) is 0.723. The highest BCUT2D eigenvalue weighted by atomic mass is 79.9. The van der Waals surface area contributed by atoms with E-state index >= 15 is 0 Å². The average molecular weight is 222 g/mol. The lowest BCUT2D eigenvalue weighted by molar-refractivity contribution is 0.598. The van der Waals surface area contributed by atoms with E-state index in [-0.39, 0.29) is 0 Å². The molecule has 0 saturated carbocycles. The maximum absolute atomic E-state index is 10.0. The molecule has 0 amide bonds. The van der Waals surface area contributed by atoms with Gasteiger partial charge in [0.25, 0.3) is 0 Å². The molecular formula is CH3Br2OP. The molecule has 0 unspecified atom stereocenters. The molecule has 0 aliphatic carbocycles. The molecule has 0 bridgehead atoms. The quantitative estimate of drug-likeness (QED) is 0.575. The van der Waals surface area contributed by atoms with Crippen LogP contribution in [0, 0.1) is 0 Å². The zero-order valence-electron chi connectivity index (χ0n) is 2.61. The highest BCUT2D eigenvalue weighted by molar-refractivity contribution is 9.70. The van der Waals surface area contributed by atoms with Gasteiger partial charge in [-0.1, -0.05) is 0 Å². The summed E-state index contributed by atoms with van der Waals surface area (Å²) in [7, 11) is 0. The third-order valence-electron chi connectivity index (χ3n) is 0. The first-order valence-electron chi connectivity index (χ1n) is 0.968. The molecule has 1 nitrogen and oxygen atoms in total. The summed E-state index contributed by atoms with van der Waals surface area (Å²) in [5.41, 5.74) is 0. The van der Waals surface area contributed by atoms with Gasteiger partial charge in [-0.3, -0.25) is 4.57 Å². The lowest BCUT2D eigenvalue weighted by Gasteiger charge is -1.80. The summed E-state index contributed by atoms with van der Waals surface area (Å²) in [6.45, 7) is 1.58. The van der Waals surface area contributed by atoms with Crippen molar-refractivity contribution in [3.63, 3.8) is 0 Å². The van der Waals surface area contributed by atoms with Gasteiger partial charge < -0.3 is 0 Å². The molecule has 0 aliphatic heterocycles. The van der Waals surface area contributed by atoms with E-state index in [2.05, 4.69) is 31.0 Å². The van der Waals surface area contributed by atoms with Gasteiger partial charge >= 0.3 is 0 Å². The molecule has 0 spiro atoms. The van der Waals surface area contributed by atoms with Crippen LogP contribution in [0.4, 0.5) is 0 Å². The van der Waals surface area contributed by atoms with Crippen molar-refractivity contribution in [2.24, 2.45) is 0 Å². The number of hydrogen-bond acceptors (Lipinski definition) is 1. The van der Waals surface area contributed by atoms with Crippen LogP contribution in [0.3, 0.4) is 0 Å². The topological polar surface area (TPSA) is 17.1 Å². The van der Waals surface area contributed by atoms with Crippen molar-refractivity contribution in [3.05, 3.63) is 0 Å². The van der Waals surface area contributed by atoms with E-state index in [1.165, 1.54) is 0 Å². The first kappa shape index (κ1) is 6.19. The minimum absolute atomic E-state index is 1.58. The molecule has 5 heavy (non-hydrogen) atoms. The fraction of sp³-hybridized carbons (Fsp3) is 1.00. The first-order chi connectivity index (χ1) is 2.00. The Morgan fingerprint density at radius 2 is 1.60 bits per heavy atom. The Morgan fingerprint density at radius 3 is 1.60 bits per heavy atom. The van der Waals surface area contributed by atoms with Crippen molar-refractivity contribution >= 4 is 35.5 Å². The van der Waals surface area contributed by atoms with Crippen LogP contribution in [0.2, 0.25) is 0 Å². The van der Waals surface area contributed by atoms with E-state index in [4.69, 9.17) is 0 Å². The van der Waals surface area contributed by atoms with Crippen LogP contribution in [0.15, 0.2) is 0 Å². The predicted octanol–water partition coefficient (Wildman–Crippen LogP) is 2.60. The van der Waals surface area contributed by atoms with Gasteiger partial charge in [0.1, 0.15) is 0 Å². The highest BCUT2D eigenvalue weighted by Crippen LogP contribution is 2.57. The largest absolute Gasteiger partial charge is 0.300 e. The summed E-state index contributed by atoms with van der Waals surface area (Å²) in [4.78, 5) is 0. The van der Waals surface area contributed by atoms with Crippen molar-refractivity contribution in [2.75, 3.05) is 6.66 Å². The molecule has 0 saturated heterocycles. The molecule has 0 N–H and O–H groups in total. The van der Waals surface area contributed by atoms with Crippen molar-refractivity contribution in [1.29, 1.82) is 0 Å². The maximum atomic E-state index is 10.0. The summed E-state index contributed by atoms with van der Waals surface area (Å²) in [5, 5.41) is 0. The van der Waals surface area contributed by atoms with Gasteiger partial charge in [0.2, 0.25) is 4.55 Å². The van der Waals surface area contributed by atoms with Crippen LogP contribution in [-0.4, -0.2) is 6.66 Å². The minimum Gasteiger partial charge on any atom is -0.300 e. The fourth-order valence-electron chi connectivity index (χ4n) is 0. The molecular weight excluding hydrogens is 219 g/mol. The standard InChI is InChI=1S/CH3Br2OP/c1-5(2,3)4/h1H3.